The van der Waals surface area contributed by atoms with Crippen molar-refractivity contribution in [2.75, 3.05) is 5.32 Å². The maximum Gasteiger partial charge on any atom is 0.416 e. The lowest BCUT2D eigenvalue weighted by atomic mass is 10.1. The van der Waals surface area contributed by atoms with Crippen LogP contribution in [0.1, 0.15) is 52.7 Å². The Bertz CT molecular complexity index is 1600. The first kappa shape index (κ1) is 26.1. The van der Waals surface area contributed by atoms with E-state index in [1.807, 2.05) is 0 Å². The number of carbonyl (C=O) groups excluding carboxylic acids is 2. The third-order valence-electron chi connectivity index (χ3n) is 6.57. The number of ether oxygens (including phenoxy) is 1. The second-order valence-electron chi connectivity index (χ2n) is 9.29. The van der Waals surface area contributed by atoms with Crippen molar-refractivity contribution in [1.29, 1.82) is 0 Å². The van der Waals surface area contributed by atoms with Crippen LogP contribution in [0.25, 0.3) is 10.9 Å². The van der Waals surface area contributed by atoms with E-state index in [4.69, 9.17) is 4.74 Å². The molecule has 0 unspecified atom stereocenters. The number of esters is 1. The lowest BCUT2D eigenvalue weighted by Gasteiger charge is -2.19. The fraction of sp³-hybridized carbons (Fsp3) is 0.241. The van der Waals surface area contributed by atoms with Crippen molar-refractivity contribution in [3.05, 3.63) is 106 Å². The highest BCUT2D eigenvalue weighted by molar-refractivity contribution is 5.99. The Kier molecular flexibility index (Phi) is 7.19. The number of aromatic nitrogens is 2. The van der Waals surface area contributed by atoms with Crippen LogP contribution in [0.5, 0.6) is 0 Å². The number of benzene rings is 3. The predicted molar refractivity (Wildman–Crippen MR) is 138 cm³/mol. The fourth-order valence-corrected chi connectivity index (χ4v) is 4.60. The third kappa shape index (κ3) is 5.69. The second kappa shape index (κ2) is 10.7. The zero-order valence-electron chi connectivity index (χ0n) is 20.7. The van der Waals surface area contributed by atoms with Crippen molar-refractivity contribution in [3.63, 3.8) is 0 Å². The van der Waals surface area contributed by atoms with Crippen LogP contribution in [0.3, 0.4) is 0 Å². The average molecular weight is 536 g/mol. The summed E-state index contributed by atoms with van der Waals surface area (Å²) in [6, 6.07) is 16.7. The number of aryl methyl sites for hydroxylation is 1. The summed E-state index contributed by atoms with van der Waals surface area (Å²) in [7, 11) is 0. The molecule has 0 fully saturated rings. The molecule has 5 rings (SSSR count). The molecular formula is C29H24F3N3O4. The quantitative estimate of drug-likeness (QED) is 0.332. The van der Waals surface area contributed by atoms with Crippen molar-refractivity contribution >= 4 is 28.5 Å². The van der Waals surface area contributed by atoms with Crippen LogP contribution < -0.4 is 10.9 Å². The van der Waals surface area contributed by atoms with Crippen LogP contribution >= 0.6 is 0 Å². The standard InChI is InChI=1S/C29H24F3N3O4/c30-29(31,32)20-10-7-11-21(17-20)33-26(36)25(18-8-3-1-4-9-18)39-28(38)19-13-14-22-23(16-19)34-24-12-5-2-6-15-35(24)27(22)37/h1,3-4,7-11,13-14,16-17,25H,2,5-6,12,15H2,(H,33,36)/t25-/m0/s1. The van der Waals surface area contributed by atoms with E-state index in [-0.39, 0.29) is 16.8 Å². The summed E-state index contributed by atoms with van der Waals surface area (Å²) in [5.74, 6) is -1.00. The first-order chi connectivity index (χ1) is 18.7. The zero-order chi connectivity index (χ0) is 27.6. The maximum atomic E-state index is 13.2. The molecule has 1 aliphatic heterocycles. The molecule has 1 N–H and O–H groups in total. The van der Waals surface area contributed by atoms with Crippen LogP contribution in [0.2, 0.25) is 0 Å². The van der Waals surface area contributed by atoms with Crippen molar-refractivity contribution in [3.8, 4) is 0 Å². The Morgan fingerprint density at radius 1 is 0.949 bits per heavy atom. The van der Waals surface area contributed by atoms with Gasteiger partial charge in [0.05, 0.1) is 22.0 Å². The monoisotopic (exact) mass is 535 g/mol. The molecule has 0 radical (unpaired) electrons. The van der Waals surface area contributed by atoms with E-state index >= 15 is 0 Å². The van der Waals surface area contributed by atoms with Crippen molar-refractivity contribution in [2.45, 2.75) is 44.5 Å². The van der Waals surface area contributed by atoms with E-state index in [1.165, 1.54) is 30.3 Å². The number of hydrogen-bond donors (Lipinski definition) is 1. The lowest BCUT2D eigenvalue weighted by molar-refractivity contribution is -0.137. The summed E-state index contributed by atoms with van der Waals surface area (Å²) in [4.78, 5) is 44.0. The lowest BCUT2D eigenvalue weighted by Crippen LogP contribution is -2.26. The number of amides is 1. The average Bonchev–Trinajstić information content (AvgIpc) is 3.17. The molecule has 0 aliphatic carbocycles. The molecule has 0 bridgehead atoms. The minimum Gasteiger partial charge on any atom is -0.444 e. The van der Waals surface area contributed by atoms with Gasteiger partial charge >= 0.3 is 12.1 Å². The summed E-state index contributed by atoms with van der Waals surface area (Å²) >= 11 is 0. The number of hydrogen-bond acceptors (Lipinski definition) is 5. The Morgan fingerprint density at radius 3 is 2.51 bits per heavy atom. The van der Waals surface area contributed by atoms with Gasteiger partial charge in [-0.25, -0.2) is 9.78 Å². The predicted octanol–water partition coefficient (Wildman–Crippen LogP) is 5.68. The molecule has 0 saturated carbocycles. The fourth-order valence-electron chi connectivity index (χ4n) is 4.60. The number of fused-ring (bicyclic) bond motifs is 2. The topological polar surface area (TPSA) is 90.3 Å². The largest absolute Gasteiger partial charge is 0.444 e. The number of nitrogens with zero attached hydrogens (tertiary/aromatic N) is 2. The molecule has 39 heavy (non-hydrogen) atoms. The molecule has 200 valence electrons. The third-order valence-corrected chi connectivity index (χ3v) is 6.57. The molecular weight excluding hydrogens is 511 g/mol. The van der Waals surface area contributed by atoms with E-state index < -0.39 is 29.7 Å². The summed E-state index contributed by atoms with van der Waals surface area (Å²) in [6.45, 7) is 0.598. The molecule has 10 heteroatoms. The van der Waals surface area contributed by atoms with Crippen molar-refractivity contribution in [1.82, 2.24) is 9.55 Å². The Balaban J connectivity index is 1.43. The molecule has 0 saturated heterocycles. The molecule has 2 heterocycles. The van der Waals surface area contributed by atoms with Gasteiger partial charge in [0.25, 0.3) is 11.5 Å². The minimum atomic E-state index is -4.59. The number of alkyl halides is 3. The second-order valence-corrected chi connectivity index (χ2v) is 9.29. The zero-order valence-corrected chi connectivity index (χ0v) is 20.7. The molecule has 0 spiro atoms. The van der Waals surface area contributed by atoms with Gasteiger partial charge in [-0.2, -0.15) is 13.2 Å². The molecule has 1 aromatic heterocycles. The van der Waals surface area contributed by atoms with E-state index in [0.717, 1.165) is 31.4 Å². The van der Waals surface area contributed by atoms with Gasteiger partial charge in [0.2, 0.25) is 6.10 Å². The van der Waals surface area contributed by atoms with E-state index in [9.17, 15) is 27.6 Å². The number of halogens is 3. The molecule has 3 aromatic carbocycles. The van der Waals surface area contributed by atoms with Crippen LogP contribution in [0, 0.1) is 0 Å². The minimum absolute atomic E-state index is 0.0840. The van der Waals surface area contributed by atoms with Gasteiger partial charge in [-0.15, -0.1) is 0 Å². The number of carbonyl (C=O) groups is 2. The number of anilines is 1. The van der Waals surface area contributed by atoms with Crippen LogP contribution in [0.4, 0.5) is 18.9 Å². The van der Waals surface area contributed by atoms with E-state index in [1.54, 1.807) is 34.9 Å². The molecule has 1 aliphatic rings. The summed E-state index contributed by atoms with van der Waals surface area (Å²) in [6.07, 6.45) is -2.56. The van der Waals surface area contributed by atoms with Crippen LogP contribution in [-0.2, 0) is 28.7 Å². The van der Waals surface area contributed by atoms with Gasteiger partial charge in [0, 0.05) is 24.2 Å². The first-order valence-electron chi connectivity index (χ1n) is 12.5. The van der Waals surface area contributed by atoms with E-state index in [2.05, 4.69) is 10.3 Å². The van der Waals surface area contributed by atoms with Gasteiger partial charge < -0.3 is 10.1 Å². The number of nitrogens with one attached hydrogen (secondary N) is 1. The first-order valence-corrected chi connectivity index (χ1v) is 12.5. The van der Waals surface area contributed by atoms with E-state index in [0.29, 0.717) is 35.3 Å². The maximum absolute atomic E-state index is 13.2. The summed E-state index contributed by atoms with van der Waals surface area (Å²) < 4.78 is 46.6. The Morgan fingerprint density at radius 2 is 1.74 bits per heavy atom. The smallest absolute Gasteiger partial charge is 0.416 e. The van der Waals surface area contributed by atoms with Crippen molar-refractivity contribution in [2.24, 2.45) is 0 Å². The SMILES string of the molecule is O=C(O[C@H](C(=O)Nc1cccc(C(F)(F)F)c1)c1ccccc1)c1ccc2c(=O)n3c(nc2c1)CCCCC3. The van der Waals surface area contributed by atoms with Crippen LogP contribution in [-0.4, -0.2) is 21.4 Å². The molecule has 1 amide bonds. The normalized spacial score (nSPS) is 14.2. The van der Waals surface area contributed by atoms with Gasteiger partial charge in [-0.05, 0) is 49.2 Å². The van der Waals surface area contributed by atoms with Gasteiger partial charge in [0.1, 0.15) is 5.82 Å². The molecule has 4 aromatic rings. The molecule has 1 atom stereocenters. The highest BCUT2D eigenvalue weighted by Gasteiger charge is 2.31. The van der Waals surface area contributed by atoms with Gasteiger partial charge in [-0.3, -0.25) is 14.2 Å². The Labute approximate surface area is 221 Å². The van der Waals surface area contributed by atoms with Crippen LogP contribution in [0.15, 0.2) is 77.6 Å². The van der Waals surface area contributed by atoms with Crippen molar-refractivity contribution < 1.29 is 27.5 Å². The summed E-state index contributed by atoms with van der Waals surface area (Å²) in [5, 5.41) is 2.79. The van der Waals surface area contributed by atoms with Gasteiger partial charge in [-0.1, -0.05) is 42.8 Å². The molecule has 7 nitrogen and oxygen atoms in total. The highest BCUT2D eigenvalue weighted by Crippen LogP contribution is 2.31. The number of rotatable bonds is 5. The summed E-state index contributed by atoms with van der Waals surface area (Å²) in [5.41, 5.74) is -0.417. The van der Waals surface area contributed by atoms with Gasteiger partial charge in [0.15, 0.2) is 0 Å². The Hall–Kier alpha value is -4.47. The highest BCUT2D eigenvalue weighted by atomic mass is 19.4.